The molecule has 1 aromatic rings. The van der Waals surface area contributed by atoms with E-state index in [1.807, 2.05) is 20.8 Å². The summed E-state index contributed by atoms with van der Waals surface area (Å²) in [6, 6.07) is 6.21. The Morgan fingerprint density at radius 1 is 1.21 bits per heavy atom. The summed E-state index contributed by atoms with van der Waals surface area (Å²) in [7, 11) is 0. The fourth-order valence-electron chi connectivity index (χ4n) is 5.98. The lowest BCUT2D eigenvalue weighted by Crippen LogP contribution is -2.55. The van der Waals surface area contributed by atoms with E-state index < -0.39 is 29.1 Å². The number of hydrogen-bond acceptors (Lipinski definition) is 6. The second-order valence-electron chi connectivity index (χ2n) is 9.57. The molecule has 3 aliphatic heterocycles. The number of ether oxygens (including phenoxy) is 2. The summed E-state index contributed by atoms with van der Waals surface area (Å²) in [5.41, 5.74) is -1.32. The first-order chi connectivity index (χ1) is 16.3. The summed E-state index contributed by atoms with van der Waals surface area (Å²) >= 11 is 0. The Hall–Kier alpha value is -2.65. The highest BCUT2D eigenvalue weighted by Crippen LogP contribution is 2.63. The number of benzene rings is 1. The zero-order chi connectivity index (χ0) is 24.5. The van der Waals surface area contributed by atoms with Crippen molar-refractivity contribution in [2.24, 2.45) is 11.8 Å². The molecule has 4 rings (SSSR count). The molecule has 0 radical (unpaired) electrons. The minimum absolute atomic E-state index is 0.0241. The molecule has 5 atom stereocenters. The van der Waals surface area contributed by atoms with E-state index in [2.05, 4.69) is 10.6 Å². The largest absolute Gasteiger partial charge is 0.494 e. The Balaban J connectivity index is 1.61. The lowest BCUT2D eigenvalue weighted by molar-refractivity contribution is -0.145. The van der Waals surface area contributed by atoms with Gasteiger partial charge in [-0.3, -0.25) is 14.4 Å². The molecule has 9 heteroatoms. The van der Waals surface area contributed by atoms with Crippen molar-refractivity contribution in [2.75, 3.05) is 31.6 Å². The molecule has 0 aromatic heterocycles. The molecular formula is C25H35N3O6. The Bertz CT molecular complexity index is 937. The normalized spacial score (nSPS) is 31.5. The number of rotatable bonds is 10. The highest BCUT2D eigenvalue weighted by Gasteiger charge is 2.77. The predicted octanol–water partition coefficient (Wildman–Crippen LogP) is 1.70. The summed E-state index contributed by atoms with van der Waals surface area (Å²) < 4.78 is 11.9. The van der Waals surface area contributed by atoms with Crippen molar-refractivity contribution in [3.05, 3.63) is 24.3 Å². The van der Waals surface area contributed by atoms with Gasteiger partial charge in [0, 0.05) is 18.8 Å². The average molecular weight is 474 g/mol. The van der Waals surface area contributed by atoms with Crippen LogP contribution in [0.25, 0.3) is 0 Å². The third-order valence-corrected chi connectivity index (χ3v) is 7.41. The number of nitrogens with zero attached hydrogens (tertiary/aromatic N) is 1. The third kappa shape index (κ3) is 3.94. The van der Waals surface area contributed by atoms with Crippen LogP contribution in [-0.4, -0.2) is 71.3 Å². The monoisotopic (exact) mass is 473 g/mol. The van der Waals surface area contributed by atoms with Gasteiger partial charge in [-0.2, -0.15) is 0 Å². The molecule has 9 nitrogen and oxygen atoms in total. The molecule has 1 spiro atoms. The third-order valence-electron chi connectivity index (χ3n) is 7.41. The maximum Gasteiger partial charge on any atom is 0.245 e. The summed E-state index contributed by atoms with van der Waals surface area (Å²) in [6.45, 7) is 6.60. The number of aliphatic hydroxyl groups is 1. The maximum atomic E-state index is 13.6. The highest BCUT2D eigenvalue weighted by molar-refractivity contribution is 6.02. The summed E-state index contributed by atoms with van der Waals surface area (Å²) in [5, 5.41) is 15.5. The van der Waals surface area contributed by atoms with Gasteiger partial charge in [-0.25, -0.2) is 0 Å². The van der Waals surface area contributed by atoms with Crippen molar-refractivity contribution in [2.45, 2.75) is 63.7 Å². The number of aliphatic hydroxyl groups excluding tert-OH is 1. The summed E-state index contributed by atoms with van der Waals surface area (Å²) in [4.78, 5) is 41.8. The smallest absolute Gasteiger partial charge is 0.245 e. The zero-order valence-electron chi connectivity index (χ0n) is 20.1. The van der Waals surface area contributed by atoms with Gasteiger partial charge in [-0.15, -0.1) is 0 Å². The average Bonchev–Trinajstić information content (AvgIpc) is 3.37. The molecule has 34 heavy (non-hydrogen) atoms. The van der Waals surface area contributed by atoms with E-state index in [4.69, 9.17) is 9.47 Å². The van der Waals surface area contributed by atoms with Crippen molar-refractivity contribution in [3.63, 3.8) is 0 Å². The maximum absolute atomic E-state index is 13.6. The van der Waals surface area contributed by atoms with Gasteiger partial charge in [0.05, 0.1) is 30.7 Å². The number of hydrogen-bond donors (Lipinski definition) is 3. The van der Waals surface area contributed by atoms with Gasteiger partial charge >= 0.3 is 0 Å². The van der Waals surface area contributed by atoms with Crippen molar-refractivity contribution in [1.82, 2.24) is 10.2 Å². The van der Waals surface area contributed by atoms with Crippen LogP contribution in [0, 0.1) is 11.8 Å². The molecular weight excluding hydrogens is 438 g/mol. The van der Waals surface area contributed by atoms with Crippen LogP contribution < -0.4 is 15.4 Å². The Morgan fingerprint density at radius 2 is 1.94 bits per heavy atom. The summed E-state index contributed by atoms with van der Waals surface area (Å²) in [6.07, 6.45) is 2.85. The number of carbonyl (C=O) groups is 3. The number of anilines is 1. The van der Waals surface area contributed by atoms with Crippen LogP contribution in [0.4, 0.5) is 5.69 Å². The van der Waals surface area contributed by atoms with Crippen LogP contribution >= 0.6 is 0 Å². The Morgan fingerprint density at radius 3 is 2.59 bits per heavy atom. The number of fused-ring (bicyclic) bond motifs is 1. The van der Waals surface area contributed by atoms with Crippen molar-refractivity contribution in [1.29, 1.82) is 0 Å². The molecule has 3 heterocycles. The van der Waals surface area contributed by atoms with Crippen LogP contribution in [0.1, 0.15) is 46.5 Å². The number of unbranched alkanes of at least 4 members (excludes halogenated alkanes) is 1. The van der Waals surface area contributed by atoms with Crippen LogP contribution in [0.3, 0.4) is 0 Å². The van der Waals surface area contributed by atoms with E-state index in [1.165, 1.54) is 4.90 Å². The van der Waals surface area contributed by atoms with Crippen LogP contribution in [0.5, 0.6) is 5.75 Å². The van der Waals surface area contributed by atoms with Gasteiger partial charge in [0.2, 0.25) is 17.7 Å². The lowest BCUT2D eigenvalue weighted by atomic mass is 9.66. The van der Waals surface area contributed by atoms with Gasteiger partial charge in [-0.05, 0) is 57.4 Å². The van der Waals surface area contributed by atoms with E-state index in [9.17, 15) is 19.5 Å². The fraction of sp³-hybridized carbons (Fsp3) is 0.640. The van der Waals surface area contributed by atoms with Crippen LogP contribution in [0.2, 0.25) is 0 Å². The van der Waals surface area contributed by atoms with Crippen molar-refractivity contribution < 1.29 is 29.0 Å². The van der Waals surface area contributed by atoms with Crippen molar-refractivity contribution >= 4 is 23.4 Å². The molecule has 186 valence electrons. The number of carbonyl (C=O) groups excluding carboxylic acids is 3. The second-order valence-corrected chi connectivity index (χ2v) is 9.57. The first kappa shape index (κ1) is 24.5. The minimum Gasteiger partial charge on any atom is -0.494 e. The molecule has 0 aliphatic carbocycles. The SMILES string of the molecule is CCCCNC(=O)C1N(CCO)C(=O)[C@@H]2[C@H](C(=O)Nc3ccc(OCC)cc3)[C@]3(C)CCC12O3. The first-order valence-electron chi connectivity index (χ1n) is 12.2. The van der Waals surface area contributed by atoms with Gasteiger partial charge in [0.1, 0.15) is 17.4 Å². The van der Waals surface area contributed by atoms with E-state index in [0.717, 1.165) is 12.8 Å². The van der Waals surface area contributed by atoms with E-state index in [0.29, 0.717) is 37.4 Å². The molecule has 0 saturated carbocycles. The van der Waals surface area contributed by atoms with Crippen molar-refractivity contribution in [3.8, 4) is 5.75 Å². The number of β-amino-alcohol motifs (C(OH)–C–C–N with tert-alkyl or cyclic N) is 1. The number of amides is 3. The van der Waals surface area contributed by atoms with Gasteiger partial charge in [0.15, 0.2) is 0 Å². The first-order valence-corrected chi connectivity index (χ1v) is 12.2. The predicted molar refractivity (Wildman–Crippen MR) is 125 cm³/mol. The zero-order valence-corrected chi connectivity index (χ0v) is 20.1. The molecule has 2 unspecified atom stereocenters. The summed E-state index contributed by atoms with van der Waals surface area (Å²) in [5.74, 6) is -1.70. The molecule has 3 amide bonds. The minimum atomic E-state index is -1.07. The van der Waals surface area contributed by atoms with Gasteiger partial charge < -0.3 is 30.1 Å². The molecule has 3 fully saturated rings. The van der Waals surface area contributed by atoms with Crippen LogP contribution in [0.15, 0.2) is 24.3 Å². The molecule has 3 N–H and O–H groups in total. The topological polar surface area (TPSA) is 117 Å². The van der Waals surface area contributed by atoms with Crippen LogP contribution in [-0.2, 0) is 19.1 Å². The molecule has 3 aliphatic rings. The number of nitrogens with one attached hydrogen (secondary N) is 2. The lowest BCUT2D eigenvalue weighted by Gasteiger charge is -2.33. The quantitative estimate of drug-likeness (QED) is 0.445. The second kappa shape index (κ2) is 9.54. The van der Waals surface area contributed by atoms with E-state index >= 15 is 0 Å². The fourth-order valence-corrected chi connectivity index (χ4v) is 5.98. The molecule has 3 saturated heterocycles. The van der Waals surface area contributed by atoms with E-state index in [1.54, 1.807) is 24.3 Å². The van der Waals surface area contributed by atoms with Gasteiger partial charge in [-0.1, -0.05) is 13.3 Å². The Kier molecular flexibility index (Phi) is 6.87. The Labute approximate surface area is 200 Å². The highest BCUT2D eigenvalue weighted by atomic mass is 16.5. The number of likely N-dealkylation sites (tertiary alicyclic amines) is 1. The van der Waals surface area contributed by atoms with E-state index in [-0.39, 0.29) is 30.9 Å². The molecule has 2 bridgehead atoms. The standard InChI is InChI=1S/C25H35N3O6/c1-4-6-13-26-22(31)20-25-12-11-24(3,34-25)18(19(25)23(32)28(20)14-15-29)21(30)27-16-7-9-17(10-8-16)33-5-2/h7-10,18-20,29H,4-6,11-15H2,1-3H3,(H,26,31)(H,27,30)/t18-,19+,20?,24+,25?/m1/s1. The van der Waals surface area contributed by atoms with Gasteiger partial charge in [0.25, 0.3) is 0 Å². The molecule has 1 aromatic carbocycles.